The van der Waals surface area contributed by atoms with Gasteiger partial charge in [-0.15, -0.1) is 0 Å². The van der Waals surface area contributed by atoms with Crippen molar-refractivity contribution in [2.75, 3.05) is 19.0 Å². The maximum Gasteiger partial charge on any atom is 0.262 e. The van der Waals surface area contributed by atoms with E-state index in [0.29, 0.717) is 21.5 Å². The molecule has 0 bridgehead atoms. The van der Waals surface area contributed by atoms with Crippen molar-refractivity contribution in [3.63, 3.8) is 0 Å². The summed E-state index contributed by atoms with van der Waals surface area (Å²) >= 11 is 3.37. The van der Waals surface area contributed by atoms with E-state index in [1.807, 2.05) is 32.0 Å². The number of carbonyl (C=O) groups is 1. The van der Waals surface area contributed by atoms with Gasteiger partial charge in [-0.3, -0.25) is 4.79 Å². The number of hydrogen-bond acceptors (Lipinski definition) is 5. The van der Waals surface area contributed by atoms with E-state index in [9.17, 15) is 4.79 Å². The van der Waals surface area contributed by atoms with Crippen molar-refractivity contribution in [1.29, 1.82) is 0 Å². The largest absolute Gasteiger partial charge is 0.493 e. The standard InChI is InChI=1S/C18H19BrN2O4/c1-11-5-4-6-15(12(11)2)21-17(22)10-25-18-14(19)7-13(9-20-23)8-16(18)24-3/h4-9,23H,10H2,1-3H3,(H,21,22)/b20-9+. The molecule has 0 spiro atoms. The molecule has 2 aromatic rings. The van der Waals surface area contributed by atoms with E-state index in [0.717, 1.165) is 16.8 Å². The molecule has 0 aliphatic carbocycles. The molecule has 0 aromatic heterocycles. The van der Waals surface area contributed by atoms with Crippen LogP contribution in [0.5, 0.6) is 11.5 Å². The van der Waals surface area contributed by atoms with Crippen LogP contribution in [0.3, 0.4) is 0 Å². The van der Waals surface area contributed by atoms with Gasteiger partial charge < -0.3 is 20.0 Å². The minimum Gasteiger partial charge on any atom is -0.493 e. The smallest absolute Gasteiger partial charge is 0.262 e. The number of aryl methyl sites for hydroxylation is 1. The van der Waals surface area contributed by atoms with Crippen LogP contribution < -0.4 is 14.8 Å². The lowest BCUT2D eigenvalue weighted by Gasteiger charge is -2.14. The number of nitrogens with one attached hydrogen (secondary N) is 1. The number of anilines is 1. The average molecular weight is 407 g/mol. The van der Waals surface area contributed by atoms with Gasteiger partial charge in [-0.25, -0.2) is 0 Å². The lowest BCUT2D eigenvalue weighted by molar-refractivity contribution is -0.118. The summed E-state index contributed by atoms with van der Waals surface area (Å²) in [7, 11) is 1.49. The number of nitrogens with zero attached hydrogens (tertiary/aromatic N) is 1. The Bertz CT molecular complexity index is 806. The van der Waals surface area contributed by atoms with Gasteiger partial charge >= 0.3 is 0 Å². The Labute approximate surface area is 154 Å². The number of oxime groups is 1. The second-order valence-electron chi connectivity index (χ2n) is 5.36. The molecule has 25 heavy (non-hydrogen) atoms. The summed E-state index contributed by atoms with van der Waals surface area (Å²) in [6.45, 7) is 3.77. The maximum absolute atomic E-state index is 12.2. The maximum atomic E-state index is 12.2. The van der Waals surface area contributed by atoms with Crippen molar-refractivity contribution >= 4 is 33.7 Å². The van der Waals surface area contributed by atoms with E-state index in [2.05, 4.69) is 26.4 Å². The van der Waals surface area contributed by atoms with Gasteiger partial charge in [0.2, 0.25) is 0 Å². The second kappa shape index (κ2) is 8.53. The first-order chi connectivity index (χ1) is 12.0. The van der Waals surface area contributed by atoms with E-state index in [4.69, 9.17) is 14.7 Å². The minimum atomic E-state index is -0.274. The summed E-state index contributed by atoms with van der Waals surface area (Å²) in [5.74, 6) is 0.543. The Morgan fingerprint density at radius 1 is 1.36 bits per heavy atom. The summed E-state index contributed by atoms with van der Waals surface area (Å²) < 4.78 is 11.5. The molecular formula is C18H19BrN2O4. The normalized spacial score (nSPS) is 10.7. The monoisotopic (exact) mass is 406 g/mol. The third-order valence-electron chi connectivity index (χ3n) is 3.68. The molecule has 0 aliphatic rings. The molecule has 2 rings (SSSR count). The highest BCUT2D eigenvalue weighted by Gasteiger charge is 2.14. The summed E-state index contributed by atoms with van der Waals surface area (Å²) in [5.41, 5.74) is 3.50. The predicted octanol–water partition coefficient (Wildman–Crippen LogP) is 3.90. The van der Waals surface area contributed by atoms with Crippen LogP contribution in [-0.4, -0.2) is 31.0 Å². The van der Waals surface area contributed by atoms with E-state index in [1.165, 1.54) is 13.3 Å². The predicted molar refractivity (Wildman–Crippen MR) is 100 cm³/mol. The first kappa shape index (κ1) is 18.8. The minimum absolute atomic E-state index is 0.171. The number of rotatable bonds is 6. The van der Waals surface area contributed by atoms with Crippen LogP contribution >= 0.6 is 15.9 Å². The molecule has 0 fully saturated rings. The van der Waals surface area contributed by atoms with Crippen molar-refractivity contribution in [3.8, 4) is 11.5 Å². The summed E-state index contributed by atoms with van der Waals surface area (Å²) in [5, 5.41) is 14.4. The van der Waals surface area contributed by atoms with Gasteiger partial charge in [0.1, 0.15) is 0 Å². The topological polar surface area (TPSA) is 80.2 Å². The average Bonchev–Trinajstić information content (AvgIpc) is 2.58. The van der Waals surface area contributed by atoms with Crippen LogP contribution in [0.25, 0.3) is 0 Å². The third-order valence-corrected chi connectivity index (χ3v) is 4.27. The lowest BCUT2D eigenvalue weighted by atomic mass is 10.1. The molecule has 2 N–H and O–H groups in total. The fourth-order valence-electron chi connectivity index (χ4n) is 2.23. The van der Waals surface area contributed by atoms with Crippen molar-refractivity contribution in [3.05, 3.63) is 51.5 Å². The highest BCUT2D eigenvalue weighted by molar-refractivity contribution is 9.10. The zero-order chi connectivity index (χ0) is 18.4. The van der Waals surface area contributed by atoms with E-state index < -0.39 is 0 Å². The van der Waals surface area contributed by atoms with Gasteiger partial charge in [-0.05, 0) is 59.1 Å². The Balaban J connectivity index is 2.10. The molecule has 0 unspecified atom stereocenters. The van der Waals surface area contributed by atoms with Gasteiger partial charge in [0.15, 0.2) is 18.1 Å². The fourth-order valence-corrected chi connectivity index (χ4v) is 2.81. The fraction of sp³-hybridized carbons (Fsp3) is 0.222. The van der Waals surface area contributed by atoms with Crippen molar-refractivity contribution in [2.24, 2.45) is 5.16 Å². The highest BCUT2D eigenvalue weighted by atomic mass is 79.9. The molecule has 0 radical (unpaired) electrons. The van der Waals surface area contributed by atoms with Crippen molar-refractivity contribution < 1.29 is 19.5 Å². The molecule has 0 heterocycles. The first-order valence-corrected chi connectivity index (χ1v) is 8.29. The Morgan fingerprint density at radius 2 is 2.12 bits per heavy atom. The van der Waals surface area contributed by atoms with Gasteiger partial charge in [0.25, 0.3) is 5.91 Å². The van der Waals surface area contributed by atoms with Gasteiger partial charge in [0.05, 0.1) is 17.8 Å². The first-order valence-electron chi connectivity index (χ1n) is 7.50. The highest BCUT2D eigenvalue weighted by Crippen LogP contribution is 2.36. The molecule has 6 nitrogen and oxygen atoms in total. The molecule has 0 aliphatic heterocycles. The van der Waals surface area contributed by atoms with Crippen LogP contribution in [0.15, 0.2) is 40.0 Å². The van der Waals surface area contributed by atoms with Gasteiger partial charge in [-0.1, -0.05) is 17.3 Å². The van der Waals surface area contributed by atoms with Crippen LogP contribution in [0.1, 0.15) is 16.7 Å². The Morgan fingerprint density at radius 3 is 2.80 bits per heavy atom. The summed E-state index contributed by atoms with van der Waals surface area (Å²) in [4.78, 5) is 12.2. The molecular weight excluding hydrogens is 388 g/mol. The second-order valence-corrected chi connectivity index (χ2v) is 6.22. The number of methoxy groups -OCH3 is 1. The van der Waals surface area contributed by atoms with Crippen molar-refractivity contribution in [1.82, 2.24) is 0 Å². The van der Waals surface area contributed by atoms with E-state index in [1.54, 1.807) is 12.1 Å². The lowest BCUT2D eigenvalue weighted by Crippen LogP contribution is -2.21. The van der Waals surface area contributed by atoms with Crippen molar-refractivity contribution in [2.45, 2.75) is 13.8 Å². The number of ether oxygens (including phenoxy) is 2. The molecule has 0 saturated carbocycles. The van der Waals surface area contributed by atoms with Gasteiger partial charge in [0, 0.05) is 11.3 Å². The summed E-state index contributed by atoms with van der Waals surface area (Å²) in [6.07, 6.45) is 1.27. The zero-order valence-corrected chi connectivity index (χ0v) is 15.8. The Hall–Kier alpha value is -2.54. The molecule has 2 aromatic carbocycles. The molecule has 0 atom stereocenters. The number of amides is 1. The van der Waals surface area contributed by atoms with Gasteiger partial charge in [-0.2, -0.15) is 0 Å². The van der Waals surface area contributed by atoms with E-state index in [-0.39, 0.29) is 12.5 Å². The van der Waals surface area contributed by atoms with Crippen LogP contribution in [-0.2, 0) is 4.79 Å². The molecule has 0 saturated heterocycles. The third kappa shape index (κ3) is 4.73. The summed E-state index contributed by atoms with van der Waals surface area (Å²) in [6, 6.07) is 9.06. The van der Waals surface area contributed by atoms with E-state index >= 15 is 0 Å². The SMILES string of the molecule is COc1cc(/C=N/O)cc(Br)c1OCC(=O)Nc1cccc(C)c1C. The van der Waals surface area contributed by atoms with Crippen LogP contribution in [0, 0.1) is 13.8 Å². The van der Waals surface area contributed by atoms with Crippen LogP contribution in [0.4, 0.5) is 5.69 Å². The molecule has 7 heteroatoms. The molecule has 132 valence electrons. The number of benzene rings is 2. The number of hydrogen-bond donors (Lipinski definition) is 2. The number of halogens is 1. The number of carbonyl (C=O) groups excluding carboxylic acids is 1. The quantitative estimate of drug-likeness (QED) is 0.433. The Kier molecular flexibility index (Phi) is 6.41. The van der Waals surface area contributed by atoms with Crippen LogP contribution in [0.2, 0.25) is 0 Å². The zero-order valence-electron chi connectivity index (χ0n) is 14.2. The molecule has 1 amide bonds.